The van der Waals surface area contributed by atoms with Crippen LogP contribution >= 0.6 is 0 Å². The lowest BCUT2D eigenvalue weighted by molar-refractivity contribution is 0.104. The van der Waals surface area contributed by atoms with Crippen molar-refractivity contribution >= 4 is 11.9 Å². The normalized spacial score (nSPS) is 11.3. The van der Waals surface area contributed by atoms with Crippen LogP contribution in [0, 0.1) is 0 Å². The number of rotatable bonds is 10. The predicted octanol–water partition coefficient (Wildman–Crippen LogP) is 3.59. The number of aromatic hydroxyl groups is 1. The molecule has 0 fully saturated rings. The van der Waals surface area contributed by atoms with Crippen molar-refractivity contribution in [2.45, 2.75) is 51.9 Å². The Morgan fingerprint density at radius 1 is 0.966 bits per heavy atom. The van der Waals surface area contributed by atoms with Gasteiger partial charge < -0.3 is 5.11 Å². The third-order valence-electron chi connectivity index (χ3n) is 5.11. The van der Waals surface area contributed by atoms with Crippen molar-refractivity contribution in [1.82, 2.24) is 9.13 Å². The third kappa shape index (κ3) is 5.79. The highest BCUT2D eigenvalue weighted by atomic mass is 16.3. The van der Waals surface area contributed by atoms with E-state index in [9.17, 15) is 19.5 Å². The van der Waals surface area contributed by atoms with E-state index in [2.05, 4.69) is 6.92 Å². The number of aromatic nitrogens is 2. The molecule has 2 rings (SSSR count). The van der Waals surface area contributed by atoms with Gasteiger partial charge in [0.1, 0.15) is 5.56 Å². The molecule has 6 nitrogen and oxygen atoms in total. The summed E-state index contributed by atoms with van der Waals surface area (Å²) < 4.78 is 1.68. The molecule has 0 atom stereocenters. The number of nitrogens with zero attached hydrogens (tertiary/aromatic N) is 2. The molecule has 1 aromatic carbocycles. The molecular formula is C23H30N2O4. The number of unbranched alkanes of at least 4 members (excludes halogenated alkanes) is 5. The second-order valence-electron chi connectivity index (χ2n) is 7.36. The molecule has 0 spiro atoms. The molecule has 0 unspecified atom stereocenters. The summed E-state index contributed by atoms with van der Waals surface area (Å²) in [6.07, 6.45) is 11.5. The van der Waals surface area contributed by atoms with E-state index in [1.807, 2.05) is 24.3 Å². The first-order chi connectivity index (χ1) is 13.9. The molecule has 0 aliphatic carbocycles. The van der Waals surface area contributed by atoms with Gasteiger partial charge in [-0.3, -0.25) is 18.7 Å². The SMILES string of the molecule is CCCCCCCCc1ccc(/C=C/C(=O)c2c(O)n(C)c(=O)n(C)c2=O)cc1. The minimum absolute atomic E-state index is 0.412. The fourth-order valence-electron chi connectivity index (χ4n) is 3.21. The molecule has 0 aliphatic rings. The van der Waals surface area contributed by atoms with Crippen molar-refractivity contribution in [3.8, 4) is 5.88 Å². The highest BCUT2D eigenvalue weighted by molar-refractivity contribution is 6.08. The zero-order chi connectivity index (χ0) is 21.4. The molecular weight excluding hydrogens is 368 g/mol. The average molecular weight is 399 g/mol. The number of carbonyl (C=O) groups excluding carboxylic acids is 1. The van der Waals surface area contributed by atoms with Crippen LogP contribution in [0.2, 0.25) is 0 Å². The number of allylic oxidation sites excluding steroid dienone is 1. The summed E-state index contributed by atoms with van der Waals surface area (Å²) in [7, 11) is 2.58. The summed E-state index contributed by atoms with van der Waals surface area (Å²) in [4.78, 5) is 36.4. The minimum atomic E-state index is -0.811. The van der Waals surface area contributed by atoms with Gasteiger partial charge in [0, 0.05) is 14.1 Å². The Labute approximate surface area is 171 Å². The third-order valence-corrected chi connectivity index (χ3v) is 5.11. The van der Waals surface area contributed by atoms with E-state index in [1.54, 1.807) is 6.08 Å². The lowest BCUT2D eigenvalue weighted by Gasteiger charge is -2.08. The maximum atomic E-state index is 12.4. The smallest absolute Gasteiger partial charge is 0.333 e. The topological polar surface area (TPSA) is 81.3 Å². The highest BCUT2D eigenvalue weighted by Gasteiger charge is 2.19. The van der Waals surface area contributed by atoms with E-state index in [1.165, 1.54) is 64.3 Å². The van der Waals surface area contributed by atoms with Crippen molar-refractivity contribution < 1.29 is 9.90 Å². The van der Waals surface area contributed by atoms with Gasteiger partial charge in [-0.25, -0.2) is 4.79 Å². The van der Waals surface area contributed by atoms with Gasteiger partial charge in [-0.05, 0) is 30.0 Å². The van der Waals surface area contributed by atoms with Gasteiger partial charge >= 0.3 is 5.69 Å². The Kier molecular flexibility index (Phi) is 8.19. The van der Waals surface area contributed by atoms with E-state index < -0.39 is 28.5 Å². The Morgan fingerprint density at radius 3 is 2.24 bits per heavy atom. The maximum absolute atomic E-state index is 12.4. The van der Waals surface area contributed by atoms with E-state index in [0.29, 0.717) is 0 Å². The zero-order valence-electron chi connectivity index (χ0n) is 17.5. The number of hydrogen-bond acceptors (Lipinski definition) is 4. The van der Waals surface area contributed by atoms with Gasteiger partial charge in [-0.1, -0.05) is 69.4 Å². The quantitative estimate of drug-likeness (QED) is 0.377. The van der Waals surface area contributed by atoms with Crippen molar-refractivity contribution in [3.63, 3.8) is 0 Å². The van der Waals surface area contributed by atoms with Crippen LogP contribution < -0.4 is 11.2 Å². The van der Waals surface area contributed by atoms with E-state index in [-0.39, 0.29) is 0 Å². The van der Waals surface area contributed by atoms with Crippen LogP contribution in [0.1, 0.15) is 66.9 Å². The van der Waals surface area contributed by atoms with Crippen LogP contribution in [0.4, 0.5) is 0 Å². The number of ketones is 1. The van der Waals surface area contributed by atoms with Crippen LogP contribution in [0.15, 0.2) is 39.9 Å². The molecule has 0 radical (unpaired) electrons. The van der Waals surface area contributed by atoms with E-state index >= 15 is 0 Å². The van der Waals surface area contributed by atoms with Gasteiger partial charge in [0.25, 0.3) is 5.56 Å². The summed E-state index contributed by atoms with van der Waals surface area (Å²) >= 11 is 0. The van der Waals surface area contributed by atoms with Crippen molar-refractivity contribution in [3.05, 3.63) is 67.9 Å². The summed E-state index contributed by atoms with van der Waals surface area (Å²) in [5.74, 6) is -1.27. The molecule has 29 heavy (non-hydrogen) atoms. The largest absolute Gasteiger partial charge is 0.494 e. The molecule has 0 aliphatic heterocycles. The molecule has 1 heterocycles. The van der Waals surface area contributed by atoms with Gasteiger partial charge in [-0.15, -0.1) is 0 Å². The lowest BCUT2D eigenvalue weighted by Crippen LogP contribution is -2.39. The standard InChI is InChI=1S/C23H30N2O4/c1-4-5-6-7-8-9-10-17-11-13-18(14-12-17)15-16-19(26)20-21(27)24(2)23(29)25(3)22(20)28/h11-16,27H,4-10H2,1-3H3/b16-15+. The summed E-state index contributed by atoms with van der Waals surface area (Å²) in [6.45, 7) is 2.22. The number of benzene rings is 1. The molecule has 6 heteroatoms. The average Bonchev–Trinajstić information content (AvgIpc) is 2.72. The molecule has 1 N–H and O–H groups in total. The minimum Gasteiger partial charge on any atom is -0.494 e. The van der Waals surface area contributed by atoms with Crippen molar-refractivity contribution in [2.24, 2.45) is 14.1 Å². The van der Waals surface area contributed by atoms with Crippen molar-refractivity contribution in [2.75, 3.05) is 0 Å². The van der Waals surface area contributed by atoms with Crippen LogP contribution in [-0.4, -0.2) is 20.0 Å². The molecule has 0 amide bonds. The van der Waals surface area contributed by atoms with Crippen LogP contribution in [0.3, 0.4) is 0 Å². The fraction of sp³-hybridized carbons (Fsp3) is 0.435. The maximum Gasteiger partial charge on any atom is 0.333 e. The molecule has 0 saturated heterocycles. The number of carbonyl (C=O) groups is 1. The summed E-state index contributed by atoms with van der Waals surface area (Å²) in [6, 6.07) is 7.93. The van der Waals surface area contributed by atoms with Crippen LogP contribution in [0.5, 0.6) is 5.88 Å². The first-order valence-electron chi connectivity index (χ1n) is 10.2. The van der Waals surface area contributed by atoms with Gasteiger partial charge in [0.15, 0.2) is 5.78 Å². The second kappa shape index (κ2) is 10.6. The molecule has 0 saturated carbocycles. The Balaban J connectivity index is 2.01. The highest BCUT2D eigenvalue weighted by Crippen LogP contribution is 2.14. The van der Waals surface area contributed by atoms with Gasteiger partial charge in [0.05, 0.1) is 0 Å². The summed E-state index contributed by atoms with van der Waals surface area (Å²) in [5.41, 5.74) is 0.175. The van der Waals surface area contributed by atoms with Crippen LogP contribution in [-0.2, 0) is 20.5 Å². The summed E-state index contributed by atoms with van der Waals surface area (Å²) in [5, 5.41) is 10.0. The Morgan fingerprint density at radius 2 is 1.59 bits per heavy atom. The Hall–Kier alpha value is -2.89. The second-order valence-corrected chi connectivity index (χ2v) is 7.36. The van der Waals surface area contributed by atoms with Gasteiger partial charge in [0.2, 0.25) is 5.88 Å². The number of aryl methyl sites for hydroxylation is 1. The number of hydrogen-bond donors (Lipinski definition) is 1. The zero-order valence-corrected chi connectivity index (χ0v) is 17.5. The first kappa shape index (κ1) is 22.4. The van der Waals surface area contributed by atoms with E-state index in [0.717, 1.165) is 21.1 Å². The predicted molar refractivity (Wildman–Crippen MR) is 115 cm³/mol. The fourth-order valence-corrected chi connectivity index (χ4v) is 3.21. The lowest BCUT2D eigenvalue weighted by atomic mass is 10.0. The van der Waals surface area contributed by atoms with Crippen LogP contribution in [0.25, 0.3) is 6.08 Å². The molecule has 2 aromatic rings. The molecule has 156 valence electrons. The molecule has 1 aromatic heterocycles. The first-order valence-corrected chi connectivity index (χ1v) is 10.2. The monoisotopic (exact) mass is 398 g/mol. The van der Waals surface area contributed by atoms with Gasteiger partial charge in [-0.2, -0.15) is 0 Å². The van der Waals surface area contributed by atoms with Crippen molar-refractivity contribution in [1.29, 1.82) is 0 Å². The molecule has 0 bridgehead atoms. The van der Waals surface area contributed by atoms with E-state index in [4.69, 9.17) is 0 Å². The Bertz CT molecular complexity index is 982.